The van der Waals surface area contributed by atoms with Crippen molar-refractivity contribution in [1.29, 1.82) is 0 Å². The average Bonchev–Trinajstić information content (AvgIpc) is 3.51. The fourth-order valence-corrected chi connectivity index (χ4v) is 5.81. The highest BCUT2D eigenvalue weighted by Crippen LogP contribution is 2.32. The van der Waals surface area contributed by atoms with Gasteiger partial charge in [-0.2, -0.15) is 0 Å². The van der Waals surface area contributed by atoms with Crippen LogP contribution in [0, 0.1) is 0 Å². The Hall–Kier alpha value is -2.35. The molecule has 2 aromatic carbocycles. The molecule has 5 rings (SSSR count). The summed E-state index contributed by atoms with van der Waals surface area (Å²) in [5, 5.41) is 20.4. The van der Waals surface area contributed by atoms with Crippen molar-refractivity contribution >= 4 is 11.8 Å². The van der Waals surface area contributed by atoms with Crippen LogP contribution in [0.25, 0.3) is 0 Å². The van der Waals surface area contributed by atoms with Gasteiger partial charge in [0.05, 0.1) is 12.6 Å². The van der Waals surface area contributed by atoms with Gasteiger partial charge in [-0.25, -0.2) is 0 Å². The second-order valence-electron chi connectivity index (χ2n) is 9.04. The van der Waals surface area contributed by atoms with E-state index in [0.717, 1.165) is 80.8 Å². The molecule has 0 aliphatic carbocycles. The number of para-hydroxylation sites is 1. The second-order valence-corrected chi connectivity index (χ2v) is 10.0. The number of nitrogens with zero attached hydrogens (tertiary/aromatic N) is 4. The molecule has 2 saturated heterocycles. The Morgan fingerprint density at radius 3 is 2.48 bits per heavy atom. The smallest absolute Gasteiger partial charge is 0.191 e. The van der Waals surface area contributed by atoms with Crippen molar-refractivity contribution in [3.05, 3.63) is 71.5 Å². The Morgan fingerprint density at radius 2 is 1.73 bits per heavy atom. The zero-order chi connectivity index (χ0) is 22.5. The number of piperidine rings is 1. The molecule has 1 aromatic heterocycles. The normalized spacial score (nSPS) is 19.8. The van der Waals surface area contributed by atoms with Gasteiger partial charge >= 0.3 is 0 Å². The van der Waals surface area contributed by atoms with Crippen molar-refractivity contribution in [2.45, 2.75) is 56.0 Å². The lowest BCUT2D eigenvalue weighted by Crippen LogP contribution is -2.33. The van der Waals surface area contributed by atoms with Gasteiger partial charge in [0, 0.05) is 30.4 Å². The lowest BCUT2D eigenvalue weighted by atomic mass is 9.95. The lowest BCUT2D eigenvalue weighted by Gasteiger charge is -2.31. The van der Waals surface area contributed by atoms with Gasteiger partial charge in [0.15, 0.2) is 5.16 Å². The number of ether oxygens (including phenoxy) is 1. The first-order chi connectivity index (χ1) is 16.3. The molecule has 3 heterocycles. The third-order valence-electron chi connectivity index (χ3n) is 6.69. The van der Waals surface area contributed by atoms with Gasteiger partial charge in [-0.05, 0) is 50.4 Å². The maximum atomic E-state index is 10.1. The Balaban J connectivity index is 1.28. The minimum absolute atomic E-state index is 0.331. The van der Waals surface area contributed by atoms with E-state index < -0.39 is 0 Å². The Bertz CT molecular complexity index is 1030. The first-order valence-corrected chi connectivity index (χ1v) is 13.0. The summed E-state index contributed by atoms with van der Waals surface area (Å²) in [7, 11) is 0. The SMILES string of the molecule is Oc1ccccc1CN1CCC(c2nnc(SCC3CCCO3)n2Cc2ccccc2)CC1. The van der Waals surface area contributed by atoms with Crippen molar-refractivity contribution in [2.24, 2.45) is 0 Å². The molecule has 1 unspecified atom stereocenters. The molecule has 0 amide bonds. The summed E-state index contributed by atoms with van der Waals surface area (Å²) in [6.07, 6.45) is 4.74. The standard InChI is InChI=1S/C26H32N4O2S/c31-24-11-5-4-9-22(24)18-29-14-12-21(13-15-29)25-27-28-26(33-19-23-10-6-16-32-23)30(25)17-20-7-2-1-3-8-20/h1-5,7-9,11,21,23,31H,6,10,12-19H2. The zero-order valence-electron chi connectivity index (χ0n) is 19.0. The molecule has 2 aliphatic heterocycles. The van der Waals surface area contributed by atoms with Gasteiger partial charge in [0.1, 0.15) is 11.6 Å². The predicted molar refractivity (Wildman–Crippen MR) is 131 cm³/mol. The molecule has 0 spiro atoms. The highest BCUT2D eigenvalue weighted by Gasteiger charge is 2.27. The van der Waals surface area contributed by atoms with E-state index in [1.54, 1.807) is 17.8 Å². The number of rotatable bonds is 8. The maximum Gasteiger partial charge on any atom is 0.191 e. The number of aromatic nitrogens is 3. The number of phenolic OH excluding ortho intramolecular Hbond substituents is 1. The molecule has 1 N–H and O–H groups in total. The summed E-state index contributed by atoms with van der Waals surface area (Å²) in [5.74, 6) is 2.83. The van der Waals surface area contributed by atoms with Crippen molar-refractivity contribution in [1.82, 2.24) is 19.7 Å². The van der Waals surface area contributed by atoms with Gasteiger partial charge in [-0.15, -0.1) is 10.2 Å². The van der Waals surface area contributed by atoms with Gasteiger partial charge in [0.25, 0.3) is 0 Å². The number of likely N-dealkylation sites (tertiary alicyclic amines) is 1. The summed E-state index contributed by atoms with van der Waals surface area (Å²) in [5.41, 5.74) is 2.27. The first kappa shape index (κ1) is 22.4. The number of benzene rings is 2. The van der Waals surface area contributed by atoms with E-state index in [1.807, 2.05) is 18.2 Å². The molecule has 3 aromatic rings. The summed E-state index contributed by atoms with van der Waals surface area (Å²) in [4.78, 5) is 2.43. The maximum absolute atomic E-state index is 10.1. The molecule has 7 heteroatoms. The van der Waals surface area contributed by atoms with Crippen LogP contribution in [-0.4, -0.2) is 56.3 Å². The van der Waals surface area contributed by atoms with E-state index >= 15 is 0 Å². The second kappa shape index (κ2) is 10.7. The monoisotopic (exact) mass is 464 g/mol. The predicted octanol–water partition coefficient (Wildman–Crippen LogP) is 4.68. The molecule has 1 atom stereocenters. The molecule has 0 saturated carbocycles. The number of hydrogen-bond donors (Lipinski definition) is 1. The quantitative estimate of drug-likeness (QED) is 0.488. The van der Waals surface area contributed by atoms with Gasteiger partial charge in [0.2, 0.25) is 0 Å². The zero-order valence-corrected chi connectivity index (χ0v) is 19.8. The summed E-state index contributed by atoms with van der Waals surface area (Å²) in [6.45, 7) is 4.46. The van der Waals surface area contributed by atoms with Crippen molar-refractivity contribution in [3.63, 3.8) is 0 Å². The first-order valence-electron chi connectivity index (χ1n) is 12.0. The highest BCUT2D eigenvalue weighted by molar-refractivity contribution is 7.99. The largest absolute Gasteiger partial charge is 0.508 e. The molecule has 6 nitrogen and oxygen atoms in total. The van der Waals surface area contributed by atoms with Crippen LogP contribution in [-0.2, 0) is 17.8 Å². The van der Waals surface area contributed by atoms with Crippen LogP contribution in [0.15, 0.2) is 59.8 Å². The van der Waals surface area contributed by atoms with Gasteiger partial charge in [-0.3, -0.25) is 4.90 Å². The van der Waals surface area contributed by atoms with Crippen LogP contribution in [0.4, 0.5) is 0 Å². The summed E-state index contributed by atoms with van der Waals surface area (Å²) < 4.78 is 8.16. The van der Waals surface area contributed by atoms with Crippen LogP contribution in [0.2, 0.25) is 0 Å². The molecule has 0 radical (unpaired) electrons. The molecule has 2 aliphatic rings. The van der Waals surface area contributed by atoms with Crippen molar-refractivity contribution < 1.29 is 9.84 Å². The van der Waals surface area contributed by atoms with E-state index in [0.29, 0.717) is 17.8 Å². The van der Waals surface area contributed by atoms with Crippen LogP contribution in [0.3, 0.4) is 0 Å². The van der Waals surface area contributed by atoms with E-state index in [-0.39, 0.29) is 0 Å². The molecule has 33 heavy (non-hydrogen) atoms. The van der Waals surface area contributed by atoms with Crippen LogP contribution in [0.1, 0.15) is 48.6 Å². The third kappa shape index (κ3) is 5.60. The lowest BCUT2D eigenvalue weighted by molar-refractivity contribution is 0.129. The van der Waals surface area contributed by atoms with E-state index in [1.165, 1.54) is 5.56 Å². The minimum Gasteiger partial charge on any atom is -0.508 e. The fourth-order valence-electron chi connectivity index (χ4n) is 4.80. The average molecular weight is 465 g/mol. The fraction of sp³-hybridized carbons (Fsp3) is 0.462. The Kier molecular flexibility index (Phi) is 7.29. The van der Waals surface area contributed by atoms with Crippen molar-refractivity contribution in [3.8, 4) is 5.75 Å². The van der Waals surface area contributed by atoms with Gasteiger partial charge < -0.3 is 14.4 Å². The number of hydrogen-bond acceptors (Lipinski definition) is 6. The van der Waals surface area contributed by atoms with Crippen LogP contribution < -0.4 is 0 Å². The summed E-state index contributed by atoms with van der Waals surface area (Å²) in [6, 6.07) is 18.2. The van der Waals surface area contributed by atoms with Crippen LogP contribution in [0.5, 0.6) is 5.75 Å². The van der Waals surface area contributed by atoms with E-state index in [9.17, 15) is 5.11 Å². The number of thioether (sulfide) groups is 1. The number of phenols is 1. The topological polar surface area (TPSA) is 63.4 Å². The Labute approximate surface area is 200 Å². The molecular formula is C26H32N4O2S. The minimum atomic E-state index is 0.331. The molecular weight excluding hydrogens is 432 g/mol. The summed E-state index contributed by atoms with van der Waals surface area (Å²) >= 11 is 1.78. The molecule has 174 valence electrons. The Morgan fingerprint density at radius 1 is 0.939 bits per heavy atom. The van der Waals surface area contributed by atoms with Crippen LogP contribution >= 0.6 is 11.8 Å². The number of aromatic hydroxyl groups is 1. The molecule has 2 fully saturated rings. The van der Waals surface area contributed by atoms with E-state index in [4.69, 9.17) is 9.84 Å². The molecule has 0 bridgehead atoms. The third-order valence-corrected chi connectivity index (χ3v) is 7.79. The highest BCUT2D eigenvalue weighted by atomic mass is 32.2. The van der Waals surface area contributed by atoms with Crippen molar-refractivity contribution in [2.75, 3.05) is 25.4 Å². The van der Waals surface area contributed by atoms with Gasteiger partial charge in [-0.1, -0.05) is 60.3 Å². The van der Waals surface area contributed by atoms with E-state index in [2.05, 4.69) is 44.9 Å².